The van der Waals surface area contributed by atoms with E-state index in [1.54, 1.807) is 12.2 Å². The minimum Gasteiger partial charge on any atom is -0.481 e. The molecule has 0 aliphatic carbocycles. The molecule has 2 N–H and O–H groups in total. The van der Waals surface area contributed by atoms with Gasteiger partial charge in [-0.25, -0.2) is 0 Å². The average molecular weight is 558 g/mol. The van der Waals surface area contributed by atoms with Gasteiger partial charge in [0.15, 0.2) is 0 Å². The van der Waals surface area contributed by atoms with E-state index in [2.05, 4.69) is 47.7 Å². The topological polar surface area (TPSA) is 99.9 Å². The molecule has 1 aliphatic heterocycles. The highest BCUT2D eigenvalue weighted by Crippen LogP contribution is 2.34. The molecule has 41 heavy (non-hydrogen) atoms. The van der Waals surface area contributed by atoms with Crippen LogP contribution in [0, 0.1) is 11.3 Å². The largest absolute Gasteiger partial charge is 0.481 e. The molecular formula is C33H43N5O3. The zero-order valence-corrected chi connectivity index (χ0v) is 24.6. The fraction of sp³-hybridized carbons (Fsp3) is 0.364. The van der Waals surface area contributed by atoms with E-state index in [4.69, 9.17) is 0 Å². The number of nitrogens with zero attached hydrogens (tertiary/aromatic N) is 4. The van der Waals surface area contributed by atoms with Gasteiger partial charge in [0.2, 0.25) is 0 Å². The first kappa shape index (κ1) is 32.7. The SMILES string of the molecule is C=CC1=C(/C=C\C)N(CCC(=O)O)\C(=C/C=C(C#N)/C=C/CN(CCC)c2ccccc2NCCC=O)N1CCC. The first-order chi connectivity index (χ1) is 19.9. The zero-order valence-electron chi connectivity index (χ0n) is 24.6. The summed E-state index contributed by atoms with van der Waals surface area (Å²) < 4.78 is 0. The third-order valence-corrected chi connectivity index (χ3v) is 6.39. The van der Waals surface area contributed by atoms with Crippen LogP contribution in [-0.4, -0.2) is 59.9 Å². The third kappa shape index (κ3) is 9.57. The second-order valence-electron chi connectivity index (χ2n) is 9.43. The number of anilines is 2. The number of carboxylic acids is 1. The standard InChI is InChI=1S/C33H43N5O3/c1-5-13-31-29(8-4)37(22-7-3)32(38(31)24-19-33(40)41)18-17-27(26-34)14-11-23-36(21-6-2)30-16-10-9-15-28(30)35-20-12-25-39/h5,8-11,13-18,25,35H,4,6-7,12,19-24H2,1-3H3,(H,40,41)/b13-5-,14-11+,27-17-,32-18-. The molecule has 0 atom stereocenters. The number of benzene rings is 1. The number of carbonyl (C=O) groups excluding carboxylic acids is 1. The monoisotopic (exact) mass is 557 g/mol. The Morgan fingerprint density at radius 2 is 1.93 bits per heavy atom. The Morgan fingerprint density at radius 3 is 2.56 bits per heavy atom. The third-order valence-electron chi connectivity index (χ3n) is 6.39. The lowest BCUT2D eigenvalue weighted by atomic mass is 10.2. The molecule has 0 spiro atoms. The van der Waals surface area contributed by atoms with Crippen LogP contribution in [0.25, 0.3) is 0 Å². The molecule has 218 valence electrons. The van der Waals surface area contributed by atoms with Crippen molar-refractivity contribution in [1.29, 1.82) is 5.26 Å². The molecule has 0 bridgehead atoms. The van der Waals surface area contributed by atoms with Crippen molar-refractivity contribution >= 4 is 23.6 Å². The van der Waals surface area contributed by atoms with Crippen molar-refractivity contribution in [3.63, 3.8) is 0 Å². The van der Waals surface area contributed by atoms with Crippen LogP contribution in [0.2, 0.25) is 0 Å². The van der Waals surface area contributed by atoms with Crippen LogP contribution in [0.1, 0.15) is 46.5 Å². The lowest BCUT2D eigenvalue weighted by Gasteiger charge is -2.26. The van der Waals surface area contributed by atoms with Crippen LogP contribution in [0.5, 0.6) is 0 Å². The highest BCUT2D eigenvalue weighted by atomic mass is 16.4. The number of hydrogen-bond acceptors (Lipinski definition) is 7. The summed E-state index contributed by atoms with van der Waals surface area (Å²) >= 11 is 0. The Balaban J connectivity index is 2.36. The van der Waals surface area contributed by atoms with Gasteiger partial charge in [-0.2, -0.15) is 5.26 Å². The van der Waals surface area contributed by atoms with E-state index in [1.165, 1.54) is 0 Å². The fourth-order valence-electron chi connectivity index (χ4n) is 4.64. The van der Waals surface area contributed by atoms with Crippen molar-refractivity contribution in [1.82, 2.24) is 9.80 Å². The van der Waals surface area contributed by atoms with Crippen LogP contribution in [-0.2, 0) is 9.59 Å². The Bertz CT molecular complexity index is 1240. The van der Waals surface area contributed by atoms with Crippen molar-refractivity contribution in [2.75, 3.05) is 42.9 Å². The van der Waals surface area contributed by atoms with E-state index >= 15 is 0 Å². The van der Waals surface area contributed by atoms with Gasteiger partial charge < -0.3 is 29.9 Å². The smallest absolute Gasteiger partial charge is 0.305 e. The van der Waals surface area contributed by atoms with Crippen molar-refractivity contribution in [2.45, 2.75) is 46.5 Å². The maximum Gasteiger partial charge on any atom is 0.305 e. The van der Waals surface area contributed by atoms with E-state index in [0.29, 0.717) is 31.6 Å². The Morgan fingerprint density at radius 1 is 1.17 bits per heavy atom. The van der Waals surface area contributed by atoms with Gasteiger partial charge >= 0.3 is 5.97 Å². The minimum absolute atomic E-state index is 0.0176. The van der Waals surface area contributed by atoms with Crippen LogP contribution in [0.15, 0.2) is 96.2 Å². The molecule has 0 fully saturated rings. The number of aliphatic carboxylic acids is 1. The lowest BCUT2D eigenvalue weighted by molar-refractivity contribution is -0.137. The Hall–Kier alpha value is -4.51. The number of carbonyl (C=O) groups is 2. The van der Waals surface area contributed by atoms with E-state index < -0.39 is 5.97 Å². The van der Waals surface area contributed by atoms with E-state index in [-0.39, 0.29) is 6.42 Å². The Labute approximate surface area is 244 Å². The number of allylic oxidation sites excluding steroid dienone is 7. The van der Waals surface area contributed by atoms with Crippen molar-refractivity contribution in [3.8, 4) is 6.07 Å². The number of carboxylic acid groups (broad SMARTS) is 1. The van der Waals surface area contributed by atoms with E-state index in [9.17, 15) is 20.0 Å². The molecule has 0 amide bonds. The van der Waals surface area contributed by atoms with Crippen LogP contribution in [0.3, 0.4) is 0 Å². The summed E-state index contributed by atoms with van der Waals surface area (Å²) in [5.74, 6) is -0.0493. The summed E-state index contributed by atoms with van der Waals surface area (Å²) in [6.07, 6.45) is 16.3. The molecule has 0 saturated carbocycles. The Kier molecular flexibility index (Phi) is 14.3. The van der Waals surface area contributed by atoms with Gasteiger partial charge in [0.1, 0.15) is 12.1 Å². The number of nitriles is 1. The van der Waals surface area contributed by atoms with Gasteiger partial charge in [-0.15, -0.1) is 0 Å². The fourth-order valence-corrected chi connectivity index (χ4v) is 4.64. The van der Waals surface area contributed by atoms with Gasteiger partial charge in [-0.1, -0.05) is 44.7 Å². The van der Waals surface area contributed by atoms with Gasteiger partial charge in [0.05, 0.1) is 40.8 Å². The molecule has 1 aliphatic rings. The molecule has 0 unspecified atom stereocenters. The van der Waals surface area contributed by atoms with Crippen LogP contribution in [0.4, 0.5) is 11.4 Å². The molecule has 8 nitrogen and oxygen atoms in total. The number of para-hydroxylation sites is 2. The number of nitrogens with one attached hydrogen (secondary N) is 1. The van der Waals surface area contributed by atoms with Crippen LogP contribution < -0.4 is 10.2 Å². The second kappa shape index (κ2) is 18.0. The van der Waals surface area contributed by atoms with Crippen LogP contribution >= 0.6 is 0 Å². The molecule has 0 radical (unpaired) electrons. The zero-order chi connectivity index (χ0) is 30.0. The first-order valence-corrected chi connectivity index (χ1v) is 14.2. The average Bonchev–Trinajstić information content (AvgIpc) is 3.24. The number of aldehydes is 1. The highest BCUT2D eigenvalue weighted by Gasteiger charge is 2.30. The second-order valence-corrected chi connectivity index (χ2v) is 9.43. The summed E-state index contributed by atoms with van der Waals surface area (Å²) in [6.45, 7) is 13.2. The molecule has 1 heterocycles. The van der Waals surface area contributed by atoms with E-state index in [0.717, 1.165) is 60.8 Å². The molecule has 8 heteroatoms. The summed E-state index contributed by atoms with van der Waals surface area (Å²) in [7, 11) is 0. The summed E-state index contributed by atoms with van der Waals surface area (Å²) in [5, 5.41) is 22.6. The maximum atomic E-state index is 11.4. The molecule has 0 saturated heterocycles. The molecule has 1 aromatic carbocycles. The normalized spacial score (nSPS) is 14.8. The van der Waals surface area contributed by atoms with Crippen molar-refractivity contribution in [2.24, 2.45) is 0 Å². The molecule has 2 rings (SSSR count). The van der Waals surface area contributed by atoms with Gasteiger partial charge in [0.25, 0.3) is 0 Å². The summed E-state index contributed by atoms with van der Waals surface area (Å²) in [6, 6.07) is 10.3. The summed E-state index contributed by atoms with van der Waals surface area (Å²) in [5.41, 5.74) is 4.31. The predicted octanol–water partition coefficient (Wildman–Crippen LogP) is 6.23. The van der Waals surface area contributed by atoms with Gasteiger partial charge in [-0.3, -0.25) is 4.79 Å². The van der Waals surface area contributed by atoms with Crippen molar-refractivity contribution < 1.29 is 14.7 Å². The van der Waals surface area contributed by atoms with Gasteiger partial charge in [-0.05, 0) is 62.3 Å². The maximum absolute atomic E-state index is 11.4. The molecule has 0 aromatic heterocycles. The summed E-state index contributed by atoms with van der Waals surface area (Å²) in [4.78, 5) is 28.5. The first-order valence-electron chi connectivity index (χ1n) is 14.2. The number of rotatable bonds is 18. The van der Waals surface area contributed by atoms with Crippen molar-refractivity contribution in [3.05, 3.63) is 96.2 Å². The molecule has 1 aromatic rings. The minimum atomic E-state index is -0.869. The quantitative estimate of drug-likeness (QED) is 0.0949. The highest BCUT2D eigenvalue weighted by molar-refractivity contribution is 5.70. The number of hydrogen-bond donors (Lipinski definition) is 2. The van der Waals surface area contributed by atoms with Gasteiger partial charge in [0, 0.05) is 39.1 Å². The molecular weight excluding hydrogens is 514 g/mol. The predicted molar refractivity (Wildman–Crippen MR) is 167 cm³/mol. The van der Waals surface area contributed by atoms with E-state index in [1.807, 2.05) is 60.4 Å². The lowest BCUT2D eigenvalue weighted by Crippen LogP contribution is -2.27.